The number of anilines is 1. The summed E-state index contributed by atoms with van der Waals surface area (Å²) in [4.78, 5) is 16.9. The van der Waals surface area contributed by atoms with Gasteiger partial charge in [0.05, 0.1) is 11.4 Å². The predicted molar refractivity (Wildman–Crippen MR) is 82.0 cm³/mol. The summed E-state index contributed by atoms with van der Waals surface area (Å²) in [7, 11) is 0. The van der Waals surface area contributed by atoms with Gasteiger partial charge in [-0.05, 0) is 47.1 Å². The van der Waals surface area contributed by atoms with Crippen molar-refractivity contribution in [3.8, 4) is 0 Å². The van der Waals surface area contributed by atoms with Crippen LogP contribution in [0.5, 0.6) is 0 Å². The van der Waals surface area contributed by atoms with E-state index in [0.29, 0.717) is 11.4 Å². The number of amides is 1. The van der Waals surface area contributed by atoms with Gasteiger partial charge in [-0.3, -0.25) is 9.20 Å². The molecule has 4 nitrogen and oxygen atoms in total. The second-order valence-corrected chi connectivity index (χ2v) is 5.26. The number of benzene rings is 1. The van der Waals surface area contributed by atoms with E-state index in [1.54, 1.807) is 4.40 Å². The van der Waals surface area contributed by atoms with E-state index in [1.165, 1.54) is 0 Å². The van der Waals surface area contributed by atoms with Gasteiger partial charge in [0.1, 0.15) is 11.3 Å². The maximum Gasteiger partial charge on any atom is 0.274 e. The molecule has 0 saturated carbocycles. The number of para-hydroxylation sites is 1. The fourth-order valence-electron chi connectivity index (χ4n) is 2.13. The van der Waals surface area contributed by atoms with E-state index in [1.807, 2.05) is 55.6 Å². The lowest BCUT2D eigenvalue weighted by atomic mass is 10.3. The standard InChI is InChI=1S/C15H12BrN3O/c1-10-14(19-9-5-4-8-13(19)17-10)15(20)18-12-7-3-2-6-11(12)16/h2-9H,1H3,(H,18,20). The maximum atomic E-state index is 12.5. The Morgan fingerprint density at radius 2 is 1.95 bits per heavy atom. The summed E-state index contributed by atoms with van der Waals surface area (Å²) in [6.07, 6.45) is 1.84. The number of nitrogens with zero attached hydrogens (tertiary/aromatic N) is 2. The van der Waals surface area contributed by atoms with Crippen molar-refractivity contribution in [3.05, 3.63) is 64.5 Å². The van der Waals surface area contributed by atoms with Gasteiger partial charge in [0.25, 0.3) is 5.91 Å². The van der Waals surface area contributed by atoms with Crippen LogP contribution in [0.15, 0.2) is 53.1 Å². The van der Waals surface area contributed by atoms with Crippen LogP contribution >= 0.6 is 15.9 Å². The third-order valence-corrected chi connectivity index (χ3v) is 3.73. The number of hydrogen-bond acceptors (Lipinski definition) is 2. The second-order valence-electron chi connectivity index (χ2n) is 4.41. The van der Waals surface area contributed by atoms with Crippen molar-refractivity contribution in [1.82, 2.24) is 9.38 Å². The number of nitrogens with one attached hydrogen (secondary N) is 1. The Bertz CT molecular complexity index is 795. The minimum Gasteiger partial charge on any atom is -0.320 e. The van der Waals surface area contributed by atoms with Gasteiger partial charge in [0, 0.05) is 10.7 Å². The Hall–Kier alpha value is -2.14. The van der Waals surface area contributed by atoms with Crippen molar-refractivity contribution in [2.75, 3.05) is 5.32 Å². The van der Waals surface area contributed by atoms with E-state index in [-0.39, 0.29) is 5.91 Å². The molecule has 0 saturated heterocycles. The number of carbonyl (C=O) groups is 1. The molecule has 0 spiro atoms. The normalized spacial score (nSPS) is 10.7. The van der Waals surface area contributed by atoms with Gasteiger partial charge in [-0.1, -0.05) is 18.2 Å². The number of fused-ring (bicyclic) bond motifs is 1. The van der Waals surface area contributed by atoms with Gasteiger partial charge < -0.3 is 5.32 Å². The van der Waals surface area contributed by atoms with E-state index in [4.69, 9.17) is 0 Å². The predicted octanol–water partition coefficient (Wildman–Crippen LogP) is 3.66. The molecular weight excluding hydrogens is 318 g/mol. The SMILES string of the molecule is Cc1nc2ccccn2c1C(=O)Nc1ccccc1Br. The lowest BCUT2D eigenvalue weighted by molar-refractivity contribution is 0.102. The van der Waals surface area contributed by atoms with Crippen LogP contribution in [-0.2, 0) is 0 Å². The van der Waals surface area contributed by atoms with Crippen molar-refractivity contribution in [1.29, 1.82) is 0 Å². The minimum atomic E-state index is -0.173. The summed E-state index contributed by atoms with van der Waals surface area (Å²) in [5, 5.41) is 2.90. The van der Waals surface area contributed by atoms with Crippen LogP contribution in [0.3, 0.4) is 0 Å². The lowest BCUT2D eigenvalue weighted by Gasteiger charge is -2.07. The molecule has 3 rings (SSSR count). The zero-order valence-corrected chi connectivity index (χ0v) is 12.4. The number of carbonyl (C=O) groups excluding carboxylic acids is 1. The molecule has 0 aliphatic rings. The molecule has 0 fully saturated rings. The summed E-state index contributed by atoms with van der Waals surface area (Å²) < 4.78 is 2.64. The fraction of sp³-hybridized carbons (Fsp3) is 0.0667. The number of pyridine rings is 1. The van der Waals surface area contributed by atoms with E-state index in [2.05, 4.69) is 26.2 Å². The first kappa shape index (κ1) is 12.9. The Balaban J connectivity index is 2.01. The Morgan fingerprint density at radius 1 is 1.20 bits per heavy atom. The van der Waals surface area contributed by atoms with Crippen molar-refractivity contribution in [3.63, 3.8) is 0 Å². The zero-order chi connectivity index (χ0) is 14.1. The molecule has 0 aliphatic carbocycles. The van der Waals surface area contributed by atoms with Gasteiger partial charge in [0.2, 0.25) is 0 Å². The molecule has 1 N–H and O–H groups in total. The molecule has 1 aromatic carbocycles. The van der Waals surface area contributed by atoms with Crippen molar-refractivity contribution in [2.45, 2.75) is 6.92 Å². The smallest absolute Gasteiger partial charge is 0.274 e. The highest BCUT2D eigenvalue weighted by atomic mass is 79.9. The van der Waals surface area contributed by atoms with Crippen molar-refractivity contribution in [2.24, 2.45) is 0 Å². The van der Waals surface area contributed by atoms with Gasteiger partial charge >= 0.3 is 0 Å². The molecule has 2 heterocycles. The molecule has 5 heteroatoms. The third-order valence-electron chi connectivity index (χ3n) is 3.04. The molecule has 20 heavy (non-hydrogen) atoms. The average molecular weight is 330 g/mol. The Labute approximate surface area is 124 Å². The molecular formula is C15H12BrN3O. The zero-order valence-electron chi connectivity index (χ0n) is 10.8. The van der Waals surface area contributed by atoms with Gasteiger partial charge in [-0.15, -0.1) is 0 Å². The molecule has 0 radical (unpaired) electrons. The monoisotopic (exact) mass is 329 g/mol. The highest BCUT2D eigenvalue weighted by Gasteiger charge is 2.16. The first-order chi connectivity index (χ1) is 9.66. The lowest BCUT2D eigenvalue weighted by Crippen LogP contribution is -2.15. The van der Waals surface area contributed by atoms with Crippen molar-refractivity contribution < 1.29 is 4.79 Å². The first-order valence-corrected chi connectivity index (χ1v) is 6.95. The summed E-state index contributed by atoms with van der Waals surface area (Å²) in [6, 6.07) is 13.2. The minimum absolute atomic E-state index is 0.173. The topological polar surface area (TPSA) is 46.4 Å². The van der Waals surface area contributed by atoms with Gasteiger partial charge in [-0.2, -0.15) is 0 Å². The molecule has 0 atom stereocenters. The Morgan fingerprint density at radius 3 is 2.75 bits per heavy atom. The number of rotatable bonds is 2. The highest BCUT2D eigenvalue weighted by Crippen LogP contribution is 2.22. The van der Waals surface area contributed by atoms with E-state index in [0.717, 1.165) is 15.8 Å². The fourth-order valence-corrected chi connectivity index (χ4v) is 2.52. The highest BCUT2D eigenvalue weighted by molar-refractivity contribution is 9.10. The number of imidazole rings is 1. The molecule has 0 unspecified atom stereocenters. The van der Waals surface area contributed by atoms with Crippen molar-refractivity contribution >= 4 is 33.2 Å². The van der Waals surface area contributed by atoms with Crippen LogP contribution in [0.2, 0.25) is 0 Å². The molecule has 1 amide bonds. The summed E-state index contributed by atoms with van der Waals surface area (Å²) in [5.74, 6) is -0.173. The number of halogens is 1. The molecule has 100 valence electrons. The van der Waals surface area contributed by atoms with E-state index >= 15 is 0 Å². The largest absolute Gasteiger partial charge is 0.320 e. The van der Waals surface area contributed by atoms with E-state index in [9.17, 15) is 4.79 Å². The van der Waals surface area contributed by atoms with Crippen LogP contribution in [0, 0.1) is 6.92 Å². The van der Waals surface area contributed by atoms with Crippen LogP contribution in [0.1, 0.15) is 16.2 Å². The average Bonchev–Trinajstić information content (AvgIpc) is 2.77. The van der Waals surface area contributed by atoms with Crippen LogP contribution in [-0.4, -0.2) is 15.3 Å². The molecule has 2 aromatic heterocycles. The summed E-state index contributed by atoms with van der Waals surface area (Å²) >= 11 is 3.42. The third kappa shape index (κ3) is 2.20. The van der Waals surface area contributed by atoms with Crippen LogP contribution < -0.4 is 5.32 Å². The number of hydrogen-bond donors (Lipinski definition) is 1. The number of aromatic nitrogens is 2. The maximum absolute atomic E-state index is 12.5. The quantitative estimate of drug-likeness (QED) is 0.779. The van der Waals surface area contributed by atoms with Gasteiger partial charge in [-0.25, -0.2) is 4.98 Å². The molecule has 3 aromatic rings. The Kier molecular flexibility index (Phi) is 3.28. The van der Waals surface area contributed by atoms with Crippen LogP contribution in [0.4, 0.5) is 5.69 Å². The van der Waals surface area contributed by atoms with E-state index < -0.39 is 0 Å². The first-order valence-electron chi connectivity index (χ1n) is 6.16. The van der Waals surface area contributed by atoms with Gasteiger partial charge in [0.15, 0.2) is 0 Å². The number of aryl methyl sites for hydroxylation is 1. The molecule has 0 bridgehead atoms. The van der Waals surface area contributed by atoms with Crippen LogP contribution in [0.25, 0.3) is 5.65 Å². The summed E-state index contributed by atoms with van der Waals surface area (Å²) in [5.41, 5.74) is 2.77. The molecule has 0 aliphatic heterocycles. The summed E-state index contributed by atoms with van der Waals surface area (Å²) in [6.45, 7) is 1.84. The second kappa shape index (κ2) is 5.09.